The number of hydrogen-bond acceptors (Lipinski definition) is 9. The molecule has 0 radical (unpaired) electrons. The van der Waals surface area contributed by atoms with Crippen LogP contribution in [0.15, 0.2) is 24.4 Å². The van der Waals surface area contributed by atoms with Crippen LogP contribution in [0.3, 0.4) is 0 Å². The third kappa shape index (κ3) is 4.91. The molecule has 180 valence electrons. The number of piperazine rings is 1. The van der Waals surface area contributed by atoms with E-state index in [0.717, 1.165) is 30.9 Å². The van der Waals surface area contributed by atoms with Crippen LogP contribution in [0.1, 0.15) is 11.3 Å². The van der Waals surface area contributed by atoms with E-state index >= 15 is 0 Å². The lowest BCUT2D eigenvalue weighted by Crippen LogP contribution is -2.46. The smallest absolute Gasteiger partial charge is 0.257 e. The Balaban J connectivity index is 1.37. The molecule has 12 heteroatoms. The number of nitrogens with zero attached hydrogens (tertiary/aromatic N) is 8. The van der Waals surface area contributed by atoms with Gasteiger partial charge < -0.3 is 21.3 Å². The zero-order valence-electron chi connectivity index (χ0n) is 19.4. The average Bonchev–Trinajstić information content (AvgIpc) is 3.17. The van der Waals surface area contributed by atoms with Gasteiger partial charge in [0.1, 0.15) is 5.69 Å². The summed E-state index contributed by atoms with van der Waals surface area (Å²) in [7, 11) is 3.66. The van der Waals surface area contributed by atoms with Crippen molar-refractivity contribution in [3.63, 3.8) is 0 Å². The molecule has 4 rings (SSSR count). The first-order valence-electron chi connectivity index (χ1n) is 10.8. The highest BCUT2D eigenvalue weighted by Gasteiger charge is 2.19. The van der Waals surface area contributed by atoms with Gasteiger partial charge in [-0.2, -0.15) is 20.1 Å². The molecular weight excluding hydrogens is 442 g/mol. The van der Waals surface area contributed by atoms with Crippen molar-refractivity contribution in [2.45, 2.75) is 6.92 Å². The van der Waals surface area contributed by atoms with Crippen molar-refractivity contribution in [1.82, 2.24) is 29.6 Å². The van der Waals surface area contributed by atoms with Crippen LogP contribution in [0.5, 0.6) is 0 Å². The molecule has 1 aliphatic heterocycles. The van der Waals surface area contributed by atoms with E-state index in [1.807, 2.05) is 32.0 Å². The van der Waals surface area contributed by atoms with Gasteiger partial charge in [-0.05, 0) is 19.1 Å². The summed E-state index contributed by atoms with van der Waals surface area (Å²) >= 11 is 0. The largest absolute Gasteiger partial charge is 0.394 e. The normalized spacial score (nSPS) is 14.8. The Hall–Kier alpha value is -3.80. The molecule has 0 saturated carbocycles. The second-order valence-corrected chi connectivity index (χ2v) is 8.30. The molecule has 0 bridgehead atoms. The van der Waals surface area contributed by atoms with Gasteiger partial charge in [0.15, 0.2) is 11.6 Å². The van der Waals surface area contributed by atoms with Crippen molar-refractivity contribution < 1.29 is 8.78 Å². The van der Waals surface area contributed by atoms with Gasteiger partial charge in [0, 0.05) is 58.1 Å². The molecule has 0 atom stereocenters. The molecule has 3 aromatic rings. The lowest BCUT2D eigenvalue weighted by molar-refractivity contribution is 0.284. The van der Waals surface area contributed by atoms with Crippen molar-refractivity contribution in [2.24, 2.45) is 0 Å². The minimum absolute atomic E-state index is 0.129. The van der Waals surface area contributed by atoms with E-state index in [-0.39, 0.29) is 5.95 Å². The maximum atomic E-state index is 13.8. The number of nitrogens with two attached hydrogens (primary N) is 2. The van der Waals surface area contributed by atoms with E-state index in [4.69, 9.17) is 11.5 Å². The van der Waals surface area contributed by atoms with Crippen LogP contribution in [-0.4, -0.2) is 76.5 Å². The number of halogens is 2. The maximum absolute atomic E-state index is 13.8. The highest BCUT2D eigenvalue weighted by molar-refractivity contribution is 5.56. The summed E-state index contributed by atoms with van der Waals surface area (Å²) in [6.07, 6.45) is 5.83. The lowest BCUT2D eigenvalue weighted by Gasteiger charge is -2.35. The van der Waals surface area contributed by atoms with Gasteiger partial charge in [0.25, 0.3) is 5.95 Å². The van der Waals surface area contributed by atoms with Gasteiger partial charge >= 0.3 is 0 Å². The first kappa shape index (κ1) is 23.4. The number of nitrogen functional groups attached to an aromatic ring is 2. The van der Waals surface area contributed by atoms with Crippen molar-refractivity contribution in [3.8, 4) is 5.95 Å². The lowest BCUT2D eigenvalue weighted by atomic mass is 10.2. The van der Waals surface area contributed by atoms with Crippen molar-refractivity contribution in [3.05, 3.63) is 47.3 Å². The Kier molecular flexibility index (Phi) is 6.59. The molecule has 0 unspecified atom stereocenters. The Morgan fingerprint density at radius 3 is 2.35 bits per heavy atom. The first-order valence-corrected chi connectivity index (χ1v) is 10.8. The number of hydrogen-bond donors (Lipinski definition) is 2. The number of anilines is 4. The summed E-state index contributed by atoms with van der Waals surface area (Å²) in [5.41, 5.74) is 13.1. The SMILES string of the molecule is Cc1c(/C=C/CN2CCN(c3cc(F)c(N)c(F)c3)CC2)cnn1-c1nc(N)nc(N(C)C)n1. The molecule has 0 amide bonds. The minimum atomic E-state index is -0.728. The molecule has 1 fully saturated rings. The van der Waals surface area contributed by atoms with Crippen LogP contribution >= 0.6 is 0 Å². The van der Waals surface area contributed by atoms with Gasteiger partial charge in [-0.1, -0.05) is 12.2 Å². The van der Waals surface area contributed by atoms with E-state index in [1.165, 1.54) is 12.1 Å². The van der Waals surface area contributed by atoms with Crippen LogP contribution in [0, 0.1) is 18.6 Å². The second kappa shape index (κ2) is 9.59. The standard InChI is InChI=1S/C22H28F2N10/c1-14-15(13-27-34(14)22-29-20(26)28-21(30-22)31(2)3)5-4-6-32-7-9-33(10-8-32)16-11-17(23)19(25)18(24)12-16/h4-5,11-13H,6-10,25H2,1-3H3,(H2,26,28,29,30)/b5-4+. The molecule has 1 aliphatic rings. The van der Waals surface area contributed by atoms with Gasteiger partial charge in [-0.25, -0.2) is 13.5 Å². The maximum Gasteiger partial charge on any atom is 0.257 e. The predicted molar refractivity (Wildman–Crippen MR) is 129 cm³/mol. The van der Waals surface area contributed by atoms with Crippen LogP contribution in [-0.2, 0) is 0 Å². The molecule has 34 heavy (non-hydrogen) atoms. The molecule has 1 aromatic carbocycles. The summed E-state index contributed by atoms with van der Waals surface area (Å²) in [6.45, 7) is 5.56. The van der Waals surface area contributed by atoms with Crippen LogP contribution in [0.2, 0.25) is 0 Å². The van der Waals surface area contributed by atoms with Crippen LogP contribution in [0.4, 0.5) is 32.1 Å². The molecule has 3 heterocycles. The summed E-state index contributed by atoms with van der Waals surface area (Å²) in [5, 5.41) is 4.40. The Bertz CT molecular complexity index is 1180. The fourth-order valence-electron chi connectivity index (χ4n) is 3.72. The first-order chi connectivity index (χ1) is 16.2. The van der Waals surface area contributed by atoms with Gasteiger partial charge in [-0.15, -0.1) is 0 Å². The topological polar surface area (TPSA) is 118 Å². The van der Waals surface area contributed by atoms with Crippen LogP contribution < -0.4 is 21.3 Å². The van der Waals surface area contributed by atoms with E-state index in [1.54, 1.807) is 15.8 Å². The van der Waals surface area contributed by atoms with E-state index in [0.29, 0.717) is 30.7 Å². The van der Waals surface area contributed by atoms with Crippen molar-refractivity contribution in [2.75, 3.05) is 68.1 Å². The Morgan fingerprint density at radius 2 is 1.71 bits per heavy atom. The quantitative estimate of drug-likeness (QED) is 0.519. The second-order valence-electron chi connectivity index (χ2n) is 8.30. The highest BCUT2D eigenvalue weighted by Crippen LogP contribution is 2.24. The minimum Gasteiger partial charge on any atom is -0.394 e. The van der Waals surface area contributed by atoms with E-state index in [9.17, 15) is 8.78 Å². The Morgan fingerprint density at radius 1 is 1.03 bits per heavy atom. The average molecular weight is 471 g/mol. The molecule has 4 N–H and O–H groups in total. The van der Waals surface area contributed by atoms with Crippen molar-refractivity contribution >= 4 is 29.3 Å². The predicted octanol–water partition coefficient (Wildman–Crippen LogP) is 1.71. The molecule has 0 spiro atoms. The fourth-order valence-corrected chi connectivity index (χ4v) is 3.72. The summed E-state index contributed by atoms with van der Waals surface area (Å²) < 4.78 is 29.2. The Labute approximate surface area is 196 Å². The molecule has 2 aromatic heterocycles. The van der Waals surface area contributed by atoms with Gasteiger partial charge in [-0.3, -0.25) is 4.90 Å². The van der Waals surface area contributed by atoms with Crippen LogP contribution in [0.25, 0.3) is 12.0 Å². The summed E-state index contributed by atoms with van der Waals surface area (Å²) in [4.78, 5) is 18.7. The molecule has 10 nitrogen and oxygen atoms in total. The summed E-state index contributed by atoms with van der Waals surface area (Å²) in [5.74, 6) is -0.509. The fraction of sp³-hybridized carbons (Fsp3) is 0.364. The van der Waals surface area contributed by atoms with Gasteiger partial charge in [0.05, 0.1) is 11.9 Å². The third-order valence-electron chi connectivity index (χ3n) is 5.73. The van der Waals surface area contributed by atoms with Gasteiger partial charge in [0.2, 0.25) is 11.9 Å². The number of benzene rings is 1. The number of aromatic nitrogens is 5. The van der Waals surface area contributed by atoms with E-state index in [2.05, 4.69) is 31.0 Å². The number of rotatable bonds is 6. The third-order valence-corrected chi connectivity index (χ3v) is 5.73. The molecular formula is C22H28F2N10. The summed E-state index contributed by atoms with van der Waals surface area (Å²) in [6, 6.07) is 2.58. The highest BCUT2D eigenvalue weighted by atomic mass is 19.1. The van der Waals surface area contributed by atoms with E-state index < -0.39 is 17.3 Å². The zero-order valence-corrected chi connectivity index (χ0v) is 19.4. The molecule has 1 saturated heterocycles. The molecule has 0 aliphatic carbocycles. The van der Waals surface area contributed by atoms with Crippen molar-refractivity contribution in [1.29, 1.82) is 0 Å². The monoisotopic (exact) mass is 470 g/mol. The zero-order chi connectivity index (χ0) is 24.4.